The lowest BCUT2D eigenvalue weighted by atomic mass is 10.3. The van der Waals surface area contributed by atoms with E-state index in [1.165, 1.54) is 0 Å². The van der Waals surface area contributed by atoms with Gasteiger partial charge in [-0.25, -0.2) is 0 Å². The molecule has 84 valence electrons. The number of hydrogen-bond donors (Lipinski definition) is 0. The summed E-state index contributed by atoms with van der Waals surface area (Å²) in [6.07, 6.45) is 6.27. The predicted octanol–water partition coefficient (Wildman–Crippen LogP) is 3.03. The SMILES string of the molecule is [CH2]CCCOCCCCOCCC[CH2]. The lowest BCUT2D eigenvalue weighted by Crippen LogP contribution is -2.00. The predicted molar refractivity (Wildman–Crippen MR) is 60.1 cm³/mol. The smallest absolute Gasteiger partial charge is 0.0466 e. The topological polar surface area (TPSA) is 18.5 Å². The molecule has 0 rings (SSSR count). The van der Waals surface area contributed by atoms with Crippen LogP contribution in [0.5, 0.6) is 0 Å². The molecule has 0 N–H and O–H groups in total. The van der Waals surface area contributed by atoms with Gasteiger partial charge in [-0.1, -0.05) is 26.7 Å². The highest BCUT2D eigenvalue weighted by Crippen LogP contribution is 1.95. The van der Waals surface area contributed by atoms with E-state index in [1.807, 2.05) is 0 Å². The molecule has 2 radical (unpaired) electrons. The first-order chi connectivity index (χ1) is 6.91. The summed E-state index contributed by atoms with van der Waals surface area (Å²) in [5.41, 5.74) is 0. The number of ether oxygens (including phenoxy) is 2. The van der Waals surface area contributed by atoms with Crippen molar-refractivity contribution in [1.82, 2.24) is 0 Å². The summed E-state index contributed by atoms with van der Waals surface area (Å²) in [5.74, 6) is 0. The Bertz CT molecular complexity index is 82.3. The zero-order valence-electron chi connectivity index (χ0n) is 9.30. The first-order valence-electron chi connectivity index (χ1n) is 5.65. The van der Waals surface area contributed by atoms with Crippen molar-refractivity contribution < 1.29 is 9.47 Å². The van der Waals surface area contributed by atoms with Gasteiger partial charge >= 0.3 is 0 Å². The molecule has 0 amide bonds. The van der Waals surface area contributed by atoms with Gasteiger partial charge in [-0.3, -0.25) is 0 Å². The molecule has 0 aromatic rings. The maximum Gasteiger partial charge on any atom is 0.0466 e. The third kappa shape index (κ3) is 11.9. The van der Waals surface area contributed by atoms with Crippen molar-refractivity contribution in [3.63, 3.8) is 0 Å². The second-order valence-electron chi connectivity index (χ2n) is 3.35. The van der Waals surface area contributed by atoms with Gasteiger partial charge in [0.2, 0.25) is 0 Å². The molecule has 2 nitrogen and oxygen atoms in total. The van der Waals surface area contributed by atoms with Gasteiger partial charge < -0.3 is 9.47 Å². The summed E-state index contributed by atoms with van der Waals surface area (Å²) >= 11 is 0. The van der Waals surface area contributed by atoms with Crippen LogP contribution in [0, 0.1) is 13.8 Å². The van der Waals surface area contributed by atoms with E-state index < -0.39 is 0 Å². The summed E-state index contributed by atoms with van der Waals surface area (Å²) in [4.78, 5) is 0. The van der Waals surface area contributed by atoms with Crippen molar-refractivity contribution in [3.05, 3.63) is 13.8 Å². The fourth-order valence-electron chi connectivity index (χ4n) is 1.02. The molecule has 0 fully saturated rings. The molecule has 0 spiro atoms. The Morgan fingerprint density at radius 2 is 0.929 bits per heavy atom. The average molecular weight is 200 g/mol. The molecule has 0 aliphatic carbocycles. The average Bonchev–Trinajstić information content (AvgIpc) is 2.21. The van der Waals surface area contributed by atoms with Gasteiger partial charge in [0, 0.05) is 26.4 Å². The van der Waals surface area contributed by atoms with Crippen molar-refractivity contribution in [2.75, 3.05) is 26.4 Å². The fraction of sp³-hybridized carbons (Fsp3) is 0.833. The van der Waals surface area contributed by atoms with E-state index in [2.05, 4.69) is 13.8 Å². The van der Waals surface area contributed by atoms with Crippen LogP contribution in [0.15, 0.2) is 0 Å². The lowest BCUT2D eigenvalue weighted by Gasteiger charge is -2.04. The molecule has 0 saturated carbocycles. The van der Waals surface area contributed by atoms with Gasteiger partial charge in [-0.15, -0.1) is 0 Å². The van der Waals surface area contributed by atoms with Crippen LogP contribution < -0.4 is 0 Å². The van der Waals surface area contributed by atoms with E-state index in [4.69, 9.17) is 9.47 Å². The van der Waals surface area contributed by atoms with Gasteiger partial charge in [0.05, 0.1) is 0 Å². The molecule has 0 aromatic carbocycles. The molecule has 0 saturated heterocycles. The highest BCUT2D eigenvalue weighted by molar-refractivity contribution is 4.43. The molecule has 2 heteroatoms. The molecule has 0 aromatic heterocycles. The monoisotopic (exact) mass is 200 g/mol. The minimum Gasteiger partial charge on any atom is -0.381 e. The van der Waals surface area contributed by atoms with Crippen LogP contribution in [-0.4, -0.2) is 26.4 Å². The lowest BCUT2D eigenvalue weighted by molar-refractivity contribution is 0.101. The molecule has 0 unspecified atom stereocenters. The van der Waals surface area contributed by atoms with Crippen molar-refractivity contribution >= 4 is 0 Å². The van der Waals surface area contributed by atoms with Crippen LogP contribution in [0.2, 0.25) is 0 Å². The van der Waals surface area contributed by atoms with E-state index >= 15 is 0 Å². The third-order valence-corrected chi connectivity index (χ3v) is 1.90. The Hall–Kier alpha value is -0.0800. The van der Waals surface area contributed by atoms with Crippen molar-refractivity contribution in [2.24, 2.45) is 0 Å². The van der Waals surface area contributed by atoms with E-state index in [0.717, 1.165) is 65.0 Å². The molecule has 14 heavy (non-hydrogen) atoms. The Morgan fingerprint density at radius 3 is 1.29 bits per heavy atom. The number of rotatable bonds is 11. The van der Waals surface area contributed by atoms with Crippen molar-refractivity contribution in [3.8, 4) is 0 Å². The Kier molecular flexibility index (Phi) is 12.8. The number of hydrogen-bond acceptors (Lipinski definition) is 2. The maximum atomic E-state index is 5.40. The standard InChI is InChI=1S/C12H24O2/c1-3-5-9-13-11-7-8-12-14-10-6-4-2/h1-12H2. The molecular weight excluding hydrogens is 176 g/mol. The second kappa shape index (κ2) is 12.9. The van der Waals surface area contributed by atoms with Crippen LogP contribution in [-0.2, 0) is 9.47 Å². The molecule has 0 atom stereocenters. The largest absolute Gasteiger partial charge is 0.381 e. The Morgan fingerprint density at radius 1 is 0.571 bits per heavy atom. The molecular formula is C12H24O2. The minimum atomic E-state index is 0.853. The van der Waals surface area contributed by atoms with Crippen LogP contribution in [0.4, 0.5) is 0 Å². The zero-order valence-corrected chi connectivity index (χ0v) is 9.30. The van der Waals surface area contributed by atoms with Gasteiger partial charge in [0.15, 0.2) is 0 Å². The molecule has 0 aliphatic heterocycles. The van der Waals surface area contributed by atoms with Crippen LogP contribution >= 0.6 is 0 Å². The van der Waals surface area contributed by atoms with Gasteiger partial charge in [-0.05, 0) is 25.7 Å². The van der Waals surface area contributed by atoms with E-state index in [-0.39, 0.29) is 0 Å². The quantitative estimate of drug-likeness (QED) is 0.477. The van der Waals surface area contributed by atoms with Crippen LogP contribution in [0.3, 0.4) is 0 Å². The summed E-state index contributed by atoms with van der Waals surface area (Å²) < 4.78 is 10.8. The van der Waals surface area contributed by atoms with Crippen LogP contribution in [0.25, 0.3) is 0 Å². The minimum absolute atomic E-state index is 0.853. The molecule has 0 aliphatic rings. The first kappa shape index (κ1) is 13.9. The van der Waals surface area contributed by atoms with E-state index in [0.29, 0.717) is 0 Å². The van der Waals surface area contributed by atoms with Gasteiger partial charge in [0.1, 0.15) is 0 Å². The van der Waals surface area contributed by atoms with Gasteiger partial charge in [-0.2, -0.15) is 0 Å². The maximum absolute atomic E-state index is 5.40. The molecule has 0 heterocycles. The van der Waals surface area contributed by atoms with E-state index in [9.17, 15) is 0 Å². The van der Waals surface area contributed by atoms with Crippen molar-refractivity contribution in [2.45, 2.75) is 38.5 Å². The van der Waals surface area contributed by atoms with Crippen LogP contribution in [0.1, 0.15) is 38.5 Å². The second-order valence-corrected chi connectivity index (χ2v) is 3.35. The number of unbranched alkanes of at least 4 members (excludes halogenated alkanes) is 3. The first-order valence-corrected chi connectivity index (χ1v) is 5.65. The highest BCUT2D eigenvalue weighted by Gasteiger charge is 1.90. The van der Waals surface area contributed by atoms with E-state index in [1.54, 1.807) is 0 Å². The summed E-state index contributed by atoms with van der Waals surface area (Å²) in [6, 6.07) is 0. The summed E-state index contributed by atoms with van der Waals surface area (Å²) in [5, 5.41) is 0. The Balaban J connectivity index is 2.78. The zero-order chi connectivity index (χ0) is 10.5. The highest BCUT2D eigenvalue weighted by atomic mass is 16.5. The van der Waals surface area contributed by atoms with Crippen molar-refractivity contribution in [1.29, 1.82) is 0 Å². The Labute approximate surface area is 89.0 Å². The third-order valence-electron chi connectivity index (χ3n) is 1.90. The molecule has 0 bridgehead atoms. The summed E-state index contributed by atoms with van der Waals surface area (Å²) in [7, 11) is 0. The normalized spacial score (nSPS) is 10.7. The fourth-order valence-corrected chi connectivity index (χ4v) is 1.02. The van der Waals surface area contributed by atoms with Gasteiger partial charge in [0.25, 0.3) is 0 Å². The summed E-state index contributed by atoms with van der Waals surface area (Å²) in [6.45, 7) is 10.9.